The first-order chi connectivity index (χ1) is 20.8. The van der Waals surface area contributed by atoms with E-state index in [0.29, 0.717) is 23.8 Å². The second-order valence-corrected chi connectivity index (χ2v) is 12.6. The van der Waals surface area contributed by atoms with E-state index in [1.54, 1.807) is 13.8 Å². The van der Waals surface area contributed by atoms with Crippen molar-refractivity contribution in [1.82, 2.24) is 10.2 Å². The molecule has 0 radical (unpaired) electrons. The van der Waals surface area contributed by atoms with Crippen molar-refractivity contribution >= 4 is 17.1 Å². The number of hydrogen-bond acceptors (Lipinski definition) is 3. The van der Waals surface area contributed by atoms with E-state index in [1.807, 2.05) is 19.1 Å². The smallest absolute Gasteiger partial charge is 0.375 e. The summed E-state index contributed by atoms with van der Waals surface area (Å²) in [6, 6.07) is 6.95. The van der Waals surface area contributed by atoms with Gasteiger partial charge in [0, 0.05) is 30.4 Å². The zero-order valence-corrected chi connectivity index (χ0v) is 27.9. The summed E-state index contributed by atoms with van der Waals surface area (Å²) in [6.45, 7) is 23.0. The first-order valence-corrected chi connectivity index (χ1v) is 16.4. The third kappa shape index (κ3) is 8.83. The van der Waals surface area contributed by atoms with E-state index < -0.39 is 12.0 Å². The van der Waals surface area contributed by atoms with Crippen LogP contribution in [0.15, 0.2) is 64.3 Å². The molecule has 1 aromatic carbocycles. The van der Waals surface area contributed by atoms with Gasteiger partial charge >= 0.3 is 6.18 Å². The van der Waals surface area contributed by atoms with Crippen LogP contribution in [0.4, 0.5) is 13.2 Å². The van der Waals surface area contributed by atoms with Crippen LogP contribution in [0.1, 0.15) is 103 Å². The molecule has 242 valence electrons. The number of aliphatic imine (C=N–C) groups is 1. The van der Waals surface area contributed by atoms with Crippen LogP contribution in [-0.2, 0) is 0 Å². The third-order valence-corrected chi connectivity index (χ3v) is 9.33. The SMILES string of the molecule is C=C(C1CCNCC1)N1CCC(c2ccc(C)c(/C(=C(CC)/C(/C=C(/C)C(CC)=NC(=N)C(F)(F)F)=C/C)C(C)C)c2)CC1. The molecule has 0 atom stereocenters. The van der Waals surface area contributed by atoms with Crippen LogP contribution in [0.5, 0.6) is 0 Å². The number of nitrogens with one attached hydrogen (secondary N) is 2. The molecule has 2 heterocycles. The van der Waals surface area contributed by atoms with E-state index >= 15 is 0 Å². The lowest BCUT2D eigenvalue weighted by atomic mass is 9.80. The Kier molecular flexibility index (Phi) is 12.8. The molecular weight excluding hydrogens is 557 g/mol. The number of piperidine rings is 2. The molecule has 2 saturated heterocycles. The number of benzene rings is 1. The Balaban J connectivity index is 1.93. The molecule has 0 aromatic heterocycles. The standard InChI is InChI=1S/C37H53F3N4/c1-9-28(22-26(7)34(11-3)43-36(41)37(38,39)40)32(10-2)35(24(4)5)33-23-31(13-12-25(33)6)30-16-20-44(21-17-30)27(8)29-14-18-42-19-15-29/h9,12-13,22-24,29-30,41-42H,8,10-11,14-21H2,1-7H3/b26-22-,28-9+,35-32+,41-36?,43-34?. The fourth-order valence-corrected chi connectivity index (χ4v) is 6.77. The quantitative estimate of drug-likeness (QED) is 0.157. The zero-order valence-electron chi connectivity index (χ0n) is 27.9. The molecule has 0 amide bonds. The lowest BCUT2D eigenvalue weighted by molar-refractivity contribution is -0.0604. The molecular formula is C37H53F3N4. The van der Waals surface area contributed by atoms with Gasteiger partial charge in [0.25, 0.3) is 0 Å². The number of aryl methyl sites for hydroxylation is 1. The monoisotopic (exact) mass is 610 g/mol. The number of allylic oxidation sites excluding steroid dienone is 7. The summed E-state index contributed by atoms with van der Waals surface area (Å²) in [5.41, 5.74) is 9.56. The number of likely N-dealkylation sites (tertiary alicyclic amines) is 1. The van der Waals surface area contributed by atoms with Crippen molar-refractivity contribution in [2.75, 3.05) is 26.2 Å². The largest absolute Gasteiger partial charge is 0.450 e. The van der Waals surface area contributed by atoms with Gasteiger partial charge in [0.05, 0.1) is 0 Å². The van der Waals surface area contributed by atoms with Gasteiger partial charge in [-0.1, -0.05) is 64.6 Å². The summed E-state index contributed by atoms with van der Waals surface area (Å²) in [4.78, 5) is 6.17. The predicted octanol–water partition coefficient (Wildman–Crippen LogP) is 9.79. The van der Waals surface area contributed by atoms with E-state index in [4.69, 9.17) is 5.41 Å². The van der Waals surface area contributed by atoms with Crippen LogP contribution < -0.4 is 5.32 Å². The lowest BCUT2D eigenvalue weighted by Crippen LogP contribution is -2.38. The fraction of sp³-hybridized carbons (Fsp3) is 0.568. The van der Waals surface area contributed by atoms with E-state index in [2.05, 4.69) is 67.7 Å². The van der Waals surface area contributed by atoms with Crippen molar-refractivity contribution in [2.45, 2.75) is 99.1 Å². The molecule has 44 heavy (non-hydrogen) atoms. The van der Waals surface area contributed by atoms with Gasteiger partial charge in [0.1, 0.15) is 0 Å². The summed E-state index contributed by atoms with van der Waals surface area (Å²) < 4.78 is 39.2. The Bertz CT molecular complexity index is 1300. The van der Waals surface area contributed by atoms with Crippen LogP contribution in [0.2, 0.25) is 0 Å². The van der Waals surface area contributed by atoms with Crippen molar-refractivity contribution in [3.8, 4) is 0 Å². The van der Waals surface area contributed by atoms with Crippen molar-refractivity contribution in [3.63, 3.8) is 0 Å². The molecule has 0 unspecified atom stereocenters. The number of halogens is 3. The number of amidine groups is 1. The molecule has 0 aliphatic carbocycles. The maximum atomic E-state index is 13.1. The average Bonchev–Trinajstić information content (AvgIpc) is 3.01. The Labute approximate surface area is 263 Å². The molecule has 4 nitrogen and oxygen atoms in total. The minimum atomic E-state index is -4.76. The third-order valence-electron chi connectivity index (χ3n) is 9.33. The molecule has 3 rings (SSSR count). The fourth-order valence-electron chi connectivity index (χ4n) is 6.77. The van der Waals surface area contributed by atoms with Gasteiger partial charge in [-0.2, -0.15) is 13.2 Å². The van der Waals surface area contributed by atoms with Crippen LogP contribution in [-0.4, -0.2) is 48.8 Å². The van der Waals surface area contributed by atoms with Crippen LogP contribution >= 0.6 is 0 Å². The molecule has 1 aromatic rings. The van der Waals surface area contributed by atoms with Gasteiger partial charge < -0.3 is 10.2 Å². The molecule has 2 N–H and O–H groups in total. The summed E-state index contributed by atoms with van der Waals surface area (Å²) >= 11 is 0. The first kappa shape index (κ1) is 35.5. The van der Waals surface area contributed by atoms with Gasteiger partial charge in [-0.15, -0.1) is 0 Å². The van der Waals surface area contributed by atoms with Gasteiger partial charge in [-0.25, -0.2) is 4.99 Å². The van der Waals surface area contributed by atoms with Gasteiger partial charge in [0.2, 0.25) is 5.84 Å². The second-order valence-electron chi connectivity index (χ2n) is 12.6. The Morgan fingerprint density at radius 1 is 1.11 bits per heavy atom. The minimum absolute atomic E-state index is 0.246. The van der Waals surface area contributed by atoms with E-state index in [1.165, 1.54) is 46.4 Å². The average molecular weight is 611 g/mol. The van der Waals surface area contributed by atoms with Gasteiger partial charge in [-0.05, 0) is 123 Å². The Morgan fingerprint density at radius 3 is 2.27 bits per heavy atom. The maximum absolute atomic E-state index is 13.1. The first-order valence-electron chi connectivity index (χ1n) is 16.4. The highest BCUT2D eigenvalue weighted by atomic mass is 19.4. The number of alkyl halides is 3. The van der Waals surface area contributed by atoms with Crippen molar-refractivity contribution in [1.29, 1.82) is 5.41 Å². The zero-order chi connectivity index (χ0) is 32.6. The summed E-state index contributed by atoms with van der Waals surface area (Å²) in [7, 11) is 0. The topological polar surface area (TPSA) is 51.5 Å². The summed E-state index contributed by atoms with van der Waals surface area (Å²) in [6.07, 6.45) is 4.90. The molecule has 0 bridgehead atoms. The van der Waals surface area contributed by atoms with Crippen LogP contribution in [0.3, 0.4) is 0 Å². The molecule has 0 saturated carbocycles. The lowest BCUT2D eigenvalue weighted by Gasteiger charge is -2.39. The molecule has 2 fully saturated rings. The van der Waals surface area contributed by atoms with Crippen LogP contribution in [0, 0.1) is 24.2 Å². The maximum Gasteiger partial charge on any atom is 0.450 e. The summed E-state index contributed by atoms with van der Waals surface area (Å²) in [5.74, 6) is -0.219. The number of hydrogen-bond donors (Lipinski definition) is 2. The number of rotatable bonds is 10. The molecule has 7 heteroatoms. The molecule has 2 aliphatic rings. The minimum Gasteiger partial charge on any atom is -0.375 e. The molecule has 0 spiro atoms. The normalized spacial score (nSPS) is 19.0. The van der Waals surface area contributed by atoms with E-state index in [9.17, 15) is 13.2 Å². The summed E-state index contributed by atoms with van der Waals surface area (Å²) in [5, 5.41) is 10.8. The van der Waals surface area contributed by atoms with E-state index in [-0.39, 0.29) is 11.6 Å². The van der Waals surface area contributed by atoms with Crippen molar-refractivity contribution in [2.24, 2.45) is 16.8 Å². The number of nitrogens with zero attached hydrogens (tertiary/aromatic N) is 2. The van der Waals surface area contributed by atoms with E-state index in [0.717, 1.165) is 51.0 Å². The molecule has 2 aliphatic heterocycles. The predicted molar refractivity (Wildman–Crippen MR) is 181 cm³/mol. The second kappa shape index (κ2) is 15.9. The Morgan fingerprint density at radius 2 is 1.75 bits per heavy atom. The van der Waals surface area contributed by atoms with Crippen molar-refractivity contribution in [3.05, 3.63) is 76.0 Å². The van der Waals surface area contributed by atoms with Crippen molar-refractivity contribution < 1.29 is 13.2 Å². The van der Waals surface area contributed by atoms with Crippen LogP contribution in [0.25, 0.3) is 5.57 Å². The highest BCUT2D eigenvalue weighted by Crippen LogP contribution is 2.38. The highest BCUT2D eigenvalue weighted by molar-refractivity contribution is 6.07. The van der Waals surface area contributed by atoms with Gasteiger partial charge in [-0.3, -0.25) is 5.41 Å². The Hall–Kier alpha value is -2.93. The van der Waals surface area contributed by atoms with Gasteiger partial charge in [0.15, 0.2) is 0 Å². The highest BCUT2D eigenvalue weighted by Gasteiger charge is 2.35.